The highest BCUT2D eigenvalue weighted by Crippen LogP contribution is 2.19. The van der Waals surface area contributed by atoms with Gasteiger partial charge in [-0.2, -0.15) is 5.26 Å². The van der Waals surface area contributed by atoms with Gasteiger partial charge in [0.2, 0.25) is 5.91 Å². The second-order valence-corrected chi connectivity index (χ2v) is 5.91. The summed E-state index contributed by atoms with van der Waals surface area (Å²) in [5, 5.41) is 12.0. The molecule has 25 heavy (non-hydrogen) atoms. The van der Waals surface area contributed by atoms with E-state index >= 15 is 0 Å². The van der Waals surface area contributed by atoms with Crippen molar-refractivity contribution < 1.29 is 9.53 Å². The molecule has 128 valence electrons. The van der Waals surface area contributed by atoms with Gasteiger partial charge in [-0.1, -0.05) is 18.2 Å². The molecule has 0 spiro atoms. The summed E-state index contributed by atoms with van der Waals surface area (Å²) in [6.45, 7) is 1.65. The fourth-order valence-electron chi connectivity index (χ4n) is 2.81. The van der Waals surface area contributed by atoms with Crippen molar-refractivity contribution in [3.8, 4) is 11.8 Å². The molecule has 0 aliphatic carbocycles. The number of nitrogens with one attached hydrogen (secondary N) is 1. The molecule has 0 unspecified atom stereocenters. The van der Waals surface area contributed by atoms with Crippen LogP contribution in [0.5, 0.6) is 5.75 Å². The van der Waals surface area contributed by atoms with Gasteiger partial charge < -0.3 is 15.0 Å². The highest BCUT2D eigenvalue weighted by molar-refractivity contribution is 5.80. The van der Waals surface area contributed by atoms with Gasteiger partial charge in [0.25, 0.3) is 0 Å². The molecule has 1 aromatic heterocycles. The minimum atomic E-state index is 0.0556. The largest absolute Gasteiger partial charge is 0.490 e. The van der Waals surface area contributed by atoms with E-state index in [1.54, 1.807) is 18.3 Å². The molecule has 0 saturated carbocycles. The van der Waals surface area contributed by atoms with E-state index in [1.807, 2.05) is 41.3 Å². The second-order valence-electron chi connectivity index (χ2n) is 5.91. The van der Waals surface area contributed by atoms with Crippen molar-refractivity contribution >= 4 is 11.6 Å². The highest BCUT2D eigenvalue weighted by Gasteiger charge is 2.23. The third-order valence-electron chi connectivity index (χ3n) is 4.16. The third kappa shape index (κ3) is 4.70. The Morgan fingerprint density at radius 2 is 2.04 bits per heavy atom. The van der Waals surface area contributed by atoms with Crippen LogP contribution in [0.1, 0.15) is 18.5 Å². The number of likely N-dealkylation sites (tertiary alicyclic amines) is 1. The molecule has 0 radical (unpaired) electrons. The van der Waals surface area contributed by atoms with Gasteiger partial charge in [0.05, 0.1) is 6.54 Å². The molecule has 6 heteroatoms. The maximum absolute atomic E-state index is 12.3. The van der Waals surface area contributed by atoms with Crippen molar-refractivity contribution in [1.29, 1.82) is 5.26 Å². The van der Waals surface area contributed by atoms with Crippen LogP contribution >= 0.6 is 0 Å². The quantitative estimate of drug-likeness (QED) is 0.907. The Morgan fingerprint density at radius 1 is 1.28 bits per heavy atom. The Labute approximate surface area is 147 Å². The number of carbonyl (C=O) groups is 1. The van der Waals surface area contributed by atoms with E-state index in [0.717, 1.165) is 18.5 Å². The number of hydrogen-bond donors (Lipinski definition) is 1. The maximum atomic E-state index is 12.3. The number of carbonyl (C=O) groups excluding carboxylic acids is 1. The average Bonchev–Trinajstić information content (AvgIpc) is 2.67. The van der Waals surface area contributed by atoms with Crippen LogP contribution in [0.4, 0.5) is 5.69 Å². The van der Waals surface area contributed by atoms with E-state index in [2.05, 4.69) is 10.3 Å². The smallest absolute Gasteiger partial charge is 0.241 e. The lowest BCUT2D eigenvalue weighted by Crippen LogP contribution is -2.44. The van der Waals surface area contributed by atoms with Gasteiger partial charge in [-0.15, -0.1) is 0 Å². The van der Waals surface area contributed by atoms with Gasteiger partial charge in [0.1, 0.15) is 23.6 Å². The van der Waals surface area contributed by atoms with Gasteiger partial charge >= 0.3 is 0 Å². The number of benzene rings is 1. The Kier molecular flexibility index (Phi) is 5.47. The number of nitrogens with zero attached hydrogens (tertiary/aromatic N) is 3. The number of anilines is 1. The lowest BCUT2D eigenvalue weighted by atomic mass is 10.1. The first-order valence-corrected chi connectivity index (χ1v) is 8.34. The topological polar surface area (TPSA) is 78.2 Å². The lowest BCUT2D eigenvalue weighted by Gasteiger charge is -2.32. The van der Waals surface area contributed by atoms with Crippen LogP contribution in [-0.2, 0) is 4.79 Å². The van der Waals surface area contributed by atoms with E-state index in [4.69, 9.17) is 10.00 Å². The van der Waals surface area contributed by atoms with Crippen molar-refractivity contribution in [2.75, 3.05) is 25.0 Å². The summed E-state index contributed by atoms with van der Waals surface area (Å²) in [5.74, 6) is 0.750. The van der Waals surface area contributed by atoms with Crippen LogP contribution in [-0.4, -0.2) is 41.5 Å². The van der Waals surface area contributed by atoms with Crippen LogP contribution in [0.2, 0.25) is 0 Å². The second kappa shape index (κ2) is 8.15. The molecular weight excluding hydrogens is 316 g/mol. The summed E-state index contributed by atoms with van der Waals surface area (Å²) in [6.07, 6.45) is 3.18. The molecule has 0 bridgehead atoms. The molecule has 1 amide bonds. The number of pyridine rings is 1. The van der Waals surface area contributed by atoms with Gasteiger partial charge in [0.15, 0.2) is 0 Å². The number of hydrogen-bond acceptors (Lipinski definition) is 5. The van der Waals surface area contributed by atoms with Crippen LogP contribution in [0, 0.1) is 11.3 Å². The summed E-state index contributed by atoms with van der Waals surface area (Å²) in [4.78, 5) is 18.1. The van der Waals surface area contributed by atoms with Crippen molar-refractivity contribution in [2.24, 2.45) is 0 Å². The van der Waals surface area contributed by atoms with Crippen molar-refractivity contribution in [3.05, 3.63) is 54.4 Å². The lowest BCUT2D eigenvalue weighted by molar-refractivity contribution is -0.131. The van der Waals surface area contributed by atoms with E-state index in [1.165, 1.54) is 0 Å². The zero-order valence-electron chi connectivity index (χ0n) is 13.9. The van der Waals surface area contributed by atoms with Gasteiger partial charge in [0, 0.05) is 43.9 Å². The van der Waals surface area contributed by atoms with E-state index < -0.39 is 0 Å². The van der Waals surface area contributed by atoms with Gasteiger partial charge in [-0.05, 0) is 18.2 Å². The highest BCUT2D eigenvalue weighted by atomic mass is 16.5. The number of aromatic nitrogens is 1. The van der Waals surface area contributed by atoms with Crippen molar-refractivity contribution in [1.82, 2.24) is 9.88 Å². The number of para-hydroxylation sites is 1. The molecule has 1 saturated heterocycles. The molecule has 3 rings (SSSR count). The van der Waals surface area contributed by atoms with Gasteiger partial charge in [-0.25, -0.2) is 4.98 Å². The first-order valence-electron chi connectivity index (χ1n) is 8.34. The fourth-order valence-corrected chi connectivity index (χ4v) is 2.81. The Balaban J connectivity index is 1.45. The third-order valence-corrected chi connectivity index (χ3v) is 4.16. The van der Waals surface area contributed by atoms with Crippen molar-refractivity contribution in [2.45, 2.75) is 18.9 Å². The SMILES string of the molecule is N#Cc1cc(OC2CCN(C(=O)CNc3ccccc3)CC2)ccn1. The number of nitriles is 1. The monoisotopic (exact) mass is 336 g/mol. The molecular formula is C19H20N4O2. The summed E-state index contributed by atoms with van der Waals surface area (Å²) >= 11 is 0. The van der Waals surface area contributed by atoms with E-state index in [0.29, 0.717) is 31.1 Å². The van der Waals surface area contributed by atoms with Crippen molar-refractivity contribution in [3.63, 3.8) is 0 Å². The number of amides is 1. The molecule has 1 fully saturated rings. The molecule has 6 nitrogen and oxygen atoms in total. The van der Waals surface area contributed by atoms with Crippen LogP contribution < -0.4 is 10.1 Å². The number of rotatable bonds is 5. The molecule has 1 aliphatic rings. The zero-order chi connectivity index (χ0) is 17.5. The molecule has 1 N–H and O–H groups in total. The normalized spacial score (nSPS) is 14.6. The summed E-state index contributed by atoms with van der Waals surface area (Å²) < 4.78 is 5.91. The average molecular weight is 336 g/mol. The zero-order valence-corrected chi connectivity index (χ0v) is 13.9. The molecule has 2 aromatic rings. The summed E-state index contributed by atoms with van der Waals surface area (Å²) in [7, 11) is 0. The Morgan fingerprint density at radius 3 is 2.76 bits per heavy atom. The van der Waals surface area contributed by atoms with Crippen LogP contribution in [0.25, 0.3) is 0 Å². The van der Waals surface area contributed by atoms with Crippen LogP contribution in [0.3, 0.4) is 0 Å². The minimum absolute atomic E-state index is 0.0556. The number of piperidine rings is 1. The van der Waals surface area contributed by atoms with E-state index in [-0.39, 0.29) is 12.0 Å². The molecule has 1 aliphatic heterocycles. The number of ether oxygens (including phenoxy) is 1. The van der Waals surface area contributed by atoms with E-state index in [9.17, 15) is 4.79 Å². The maximum Gasteiger partial charge on any atom is 0.241 e. The Hall–Kier alpha value is -3.07. The first-order chi connectivity index (χ1) is 12.2. The Bertz CT molecular complexity index is 750. The summed E-state index contributed by atoms with van der Waals surface area (Å²) in [5.41, 5.74) is 1.29. The molecule has 0 atom stereocenters. The minimum Gasteiger partial charge on any atom is -0.490 e. The standard InChI is InChI=1S/C19H20N4O2/c20-13-16-12-18(6-9-21-16)25-17-7-10-23(11-8-17)19(24)14-22-15-4-2-1-3-5-15/h1-6,9,12,17,22H,7-8,10-11,14H2. The summed E-state index contributed by atoms with van der Waals surface area (Å²) in [6, 6.07) is 15.1. The fraction of sp³-hybridized carbons (Fsp3) is 0.316. The predicted octanol–water partition coefficient (Wildman–Crippen LogP) is 2.44. The molecule has 1 aromatic carbocycles. The van der Waals surface area contributed by atoms with Gasteiger partial charge in [-0.3, -0.25) is 4.79 Å². The first kappa shape index (κ1) is 16.8. The molecule has 2 heterocycles. The van der Waals surface area contributed by atoms with Crippen LogP contribution in [0.15, 0.2) is 48.7 Å². The predicted molar refractivity (Wildman–Crippen MR) is 94.1 cm³/mol.